The van der Waals surface area contributed by atoms with Crippen molar-refractivity contribution in [2.45, 2.75) is 4.90 Å². The van der Waals surface area contributed by atoms with Gasteiger partial charge in [-0.25, -0.2) is 13.0 Å². The molecule has 1 aromatic carbocycles. The Bertz CT molecular complexity index is 459. The van der Waals surface area contributed by atoms with E-state index < -0.39 is 16.3 Å². The molecular formula is C8H11O5PS. The van der Waals surface area contributed by atoms with E-state index in [4.69, 9.17) is 0 Å². The molecule has 0 aliphatic rings. The van der Waals surface area contributed by atoms with Crippen molar-refractivity contribution in [2.24, 2.45) is 0 Å². The van der Waals surface area contributed by atoms with E-state index in [1.165, 1.54) is 24.3 Å². The summed E-state index contributed by atoms with van der Waals surface area (Å²) in [6.07, 6.45) is 0. The molecule has 0 unspecified atom stereocenters. The molecule has 0 saturated heterocycles. The first-order valence-corrected chi connectivity index (χ1v) is 7.63. The first-order chi connectivity index (χ1) is 6.98. The fraction of sp³-hybridized carbons (Fsp3) is 0.250. The summed E-state index contributed by atoms with van der Waals surface area (Å²) in [5, 5.41) is 0. The molecule has 0 heterocycles. The summed E-state index contributed by atoms with van der Waals surface area (Å²) in [6, 6.07) is 7.38. The largest absolute Gasteiger partial charge is 0.448 e. The zero-order chi connectivity index (χ0) is 11.5. The molecule has 7 heteroatoms. The molecule has 15 heavy (non-hydrogen) atoms. The SMILES string of the molecule is COP(=O)(OC)S(=O)(=O)c1ccccc1. The van der Waals surface area contributed by atoms with Crippen LogP contribution < -0.4 is 0 Å². The van der Waals surface area contributed by atoms with Gasteiger partial charge in [0.15, 0.2) is 0 Å². The van der Waals surface area contributed by atoms with Crippen LogP contribution in [0, 0.1) is 0 Å². The highest BCUT2D eigenvalue weighted by Crippen LogP contribution is 2.56. The van der Waals surface area contributed by atoms with Gasteiger partial charge in [-0.05, 0) is 12.1 Å². The van der Waals surface area contributed by atoms with Crippen molar-refractivity contribution in [3.8, 4) is 0 Å². The lowest BCUT2D eigenvalue weighted by Crippen LogP contribution is -2.05. The van der Waals surface area contributed by atoms with Crippen LogP contribution in [0.25, 0.3) is 0 Å². The molecular weight excluding hydrogens is 239 g/mol. The predicted molar refractivity (Wildman–Crippen MR) is 55.3 cm³/mol. The molecule has 0 aliphatic heterocycles. The van der Waals surface area contributed by atoms with Crippen LogP contribution in [0.15, 0.2) is 35.2 Å². The molecule has 0 N–H and O–H groups in total. The Kier molecular flexibility index (Phi) is 3.67. The summed E-state index contributed by atoms with van der Waals surface area (Å²) >= 11 is 0. The zero-order valence-corrected chi connectivity index (χ0v) is 9.99. The highest BCUT2D eigenvalue weighted by atomic mass is 32.8. The third-order valence-corrected chi connectivity index (χ3v) is 7.43. The monoisotopic (exact) mass is 250 g/mol. The van der Waals surface area contributed by atoms with Gasteiger partial charge in [-0.15, -0.1) is 0 Å². The quantitative estimate of drug-likeness (QED) is 0.763. The Morgan fingerprint density at radius 1 is 1.07 bits per heavy atom. The molecule has 0 radical (unpaired) electrons. The minimum atomic E-state index is -4.13. The lowest BCUT2D eigenvalue weighted by Gasteiger charge is -2.13. The highest BCUT2D eigenvalue weighted by Gasteiger charge is 2.40. The second-order valence-corrected chi connectivity index (χ2v) is 8.43. The van der Waals surface area contributed by atoms with Gasteiger partial charge >= 0.3 is 6.80 Å². The zero-order valence-electron chi connectivity index (χ0n) is 8.28. The van der Waals surface area contributed by atoms with Gasteiger partial charge in [-0.3, -0.25) is 0 Å². The minimum absolute atomic E-state index is 0.0861. The van der Waals surface area contributed by atoms with Gasteiger partial charge < -0.3 is 9.05 Å². The number of rotatable bonds is 4. The summed E-state index contributed by atoms with van der Waals surface area (Å²) in [5.41, 5.74) is 0. The lowest BCUT2D eigenvalue weighted by atomic mass is 10.4. The Hall–Kier alpha value is -0.680. The van der Waals surface area contributed by atoms with Crippen LogP contribution in [0.2, 0.25) is 0 Å². The van der Waals surface area contributed by atoms with E-state index in [-0.39, 0.29) is 4.90 Å². The van der Waals surface area contributed by atoms with Crippen molar-refractivity contribution in [3.05, 3.63) is 30.3 Å². The summed E-state index contributed by atoms with van der Waals surface area (Å²) in [4.78, 5) is -0.0861. The number of benzene rings is 1. The predicted octanol–water partition coefficient (Wildman–Crippen LogP) is 1.86. The second kappa shape index (κ2) is 4.45. The van der Waals surface area contributed by atoms with Crippen LogP contribution in [0.1, 0.15) is 0 Å². The second-order valence-electron chi connectivity index (χ2n) is 2.60. The summed E-state index contributed by atoms with van der Waals surface area (Å²) in [6.45, 7) is -4.13. The van der Waals surface area contributed by atoms with Crippen molar-refractivity contribution < 1.29 is 22.0 Å². The molecule has 5 nitrogen and oxygen atoms in total. The smallest absolute Gasteiger partial charge is 0.301 e. The Labute approximate surface area is 88.2 Å². The molecule has 0 aromatic heterocycles. The van der Waals surface area contributed by atoms with Crippen LogP contribution in [0.5, 0.6) is 0 Å². The van der Waals surface area contributed by atoms with Crippen molar-refractivity contribution >= 4 is 16.3 Å². The fourth-order valence-electron chi connectivity index (χ4n) is 0.992. The normalized spacial score (nSPS) is 12.7. The number of hydrogen-bond acceptors (Lipinski definition) is 5. The summed E-state index contributed by atoms with van der Waals surface area (Å²) < 4.78 is 44.2. The highest BCUT2D eigenvalue weighted by molar-refractivity contribution is 8.49. The average molecular weight is 250 g/mol. The number of hydrogen-bond donors (Lipinski definition) is 0. The standard InChI is InChI=1S/C8H11O5PS/c1-12-14(9,13-2)15(10,11)8-6-4-3-5-7-8/h3-7H,1-2H3. The van der Waals surface area contributed by atoms with Gasteiger partial charge in [-0.1, -0.05) is 18.2 Å². The fourth-order valence-corrected chi connectivity index (χ4v) is 4.61. The molecule has 0 saturated carbocycles. The molecule has 0 fully saturated rings. The lowest BCUT2D eigenvalue weighted by molar-refractivity contribution is 0.291. The third kappa shape index (κ3) is 2.13. The van der Waals surface area contributed by atoms with E-state index in [9.17, 15) is 13.0 Å². The molecule has 1 aromatic rings. The topological polar surface area (TPSA) is 69.7 Å². The van der Waals surface area contributed by atoms with Crippen LogP contribution >= 0.6 is 6.80 Å². The molecule has 1 rings (SSSR count). The van der Waals surface area contributed by atoms with Gasteiger partial charge in [0, 0.05) is 14.2 Å². The molecule has 0 atom stereocenters. The first-order valence-electron chi connectivity index (χ1n) is 3.99. The molecule has 0 amide bonds. The Balaban J connectivity index is 3.32. The molecule has 0 aliphatic carbocycles. The molecule has 84 valence electrons. The Morgan fingerprint density at radius 2 is 1.53 bits per heavy atom. The first kappa shape index (κ1) is 12.4. The van der Waals surface area contributed by atoms with Gasteiger partial charge in [0.1, 0.15) is 0 Å². The maximum absolute atomic E-state index is 11.8. The molecule has 0 spiro atoms. The third-order valence-electron chi connectivity index (χ3n) is 1.78. The van der Waals surface area contributed by atoms with Crippen molar-refractivity contribution in [2.75, 3.05) is 14.2 Å². The van der Waals surface area contributed by atoms with Gasteiger partial charge in [-0.2, -0.15) is 0 Å². The van der Waals surface area contributed by atoms with E-state index in [2.05, 4.69) is 9.05 Å². The van der Waals surface area contributed by atoms with Gasteiger partial charge in [0.05, 0.1) is 4.90 Å². The van der Waals surface area contributed by atoms with E-state index in [1.54, 1.807) is 6.07 Å². The van der Waals surface area contributed by atoms with Crippen molar-refractivity contribution in [1.82, 2.24) is 0 Å². The van der Waals surface area contributed by atoms with E-state index in [1.807, 2.05) is 0 Å². The van der Waals surface area contributed by atoms with E-state index in [0.29, 0.717) is 0 Å². The van der Waals surface area contributed by atoms with Crippen LogP contribution in [-0.4, -0.2) is 22.6 Å². The van der Waals surface area contributed by atoms with E-state index >= 15 is 0 Å². The average Bonchev–Trinajstić information content (AvgIpc) is 2.29. The van der Waals surface area contributed by atoms with E-state index in [0.717, 1.165) is 14.2 Å². The van der Waals surface area contributed by atoms with Gasteiger partial charge in [0.2, 0.25) is 0 Å². The van der Waals surface area contributed by atoms with Crippen LogP contribution in [0.3, 0.4) is 0 Å². The van der Waals surface area contributed by atoms with Crippen LogP contribution in [0.4, 0.5) is 0 Å². The minimum Gasteiger partial charge on any atom is -0.301 e. The van der Waals surface area contributed by atoms with Gasteiger partial charge in [0.25, 0.3) is 9.46 Å². The maximum atomic E-state index is 11.8. The maximum Gasteiger partial charge on any atom is 0.448 e. The molecule has 0 bridgehead atoms. The van der Waals surface area contributed by atoms with Crippen molar-refractivity contribution in [1.29, 1.82) is 0 Å². The Morgan fingerprint density at radius 3 is 1.93 bits per heavy atom. The van der Waals surface area contributed by atoms with Crippen LogP contribution in [-0.2, 0) is 23.1 Å². The summed E-state index contributed by atoms with van der Waals surface area (Å²) in [5.74, 6) is 0. The summed E-state index contributed by atoms with van der Waals surface area (Å²) in [7, 11) is -2.02. The van der Waals surface area contributed by atoms with Crippen molar-refractivity contribution in [3.63, 3.8) is 0 Å².